The van der Waals surface area contributed by atoms with Gasteiger partial charge in [-0.05, 0) is 66.8 Å². The van der Waals surface area contributed by atoms with Crippen LogP contribution in [0.25, 0.3) is 11.1 Å². The number of anilines is 2. The molecule has 7 nitrogen and oxygen atoms in total. The zero-order valence-electron chi connectivity index (χ0n) is 22.7. The van der Waals surface area contributed by atoms with E-state index in [9.17, 15) is 9.59 Å². The number of rotatable bonds is 12. The largest absolute Gasteiger partial charge is 0.482 e. The maximum Gasteiger partial charge on any atom is 0.341 e. The minimum absolute atomic E-state index is 0. The van der Waals surface area contributed by atoms with Crippen molar-refractivity contribution in [2.75, 3.05) is 23.8 Å². The number of nitrogens with one attached hydrogen (secondary N) is 3. The third-order valence-corrected chi connectivity index (χ3v) is 7.09. The van der Waals surface area contributed by atoms with Crippen LogP contribution in [0, 0.1) is 0 Å². The van der Waals surface area contributed by atoms with Crippen molar-refractivity contribution in [3.63, 3.8) is 0 Å². The molecule has 40 heavy (non-hydrogen) atoms. The lowest BCUT2D eigenvalue weighted by molar-refractivity contribution is -0.139. The summed E-state index contributed by atoms with van der Waals surface area (Å²) in [5.74, 6) is -0.462. The van der Waals surface area contributed by atoms with Gasteiger partial charge in [0.1, 0.15) is 11.3 Å². The molecule has 1 amide bonds. The molecule has 0 bridgehead atoms. The summed E-state index contributed by atoms with van der Waals surface area (Å²) in [5, 5.41) is 19.1. The molecule has 4 rings (SSSR count). The minimum Gasteiger partial charge on any atom is -0.482 e. The Balaban J connectivity index is 0.00000280. The van der Waals surface area contributed by atoms with Gasteiger partial charge >= 0.3 is 5.97 Å². The Hall–Kier alpha value is -3.42. The van der Waals surface area contributed by atoms with Gasteiger partial charge in [0, 0.05) is 24.0 Å². The van der Waals surface area contributed by atoms with Crippen LogP contribution in [0.4, 0.5) is 11.4 Å². The van der Waals surface area contributed by atoms with Crippen molar-refractivity contribution in [3.8, 4) is 16.9 Å². The van der Waals surface area contributed by atoms with Crippen LogP contribution < -0.4 is 20.7 Å². The number of ether oxygens (including phenoxy) is 1. The monoisotopic (exact) mass is 587 g/mol. The lowest BCUT2D eigenvalue weighted by Crippen LogP contribution is -2.56. The summed E-state index contributed by atoms with van der Waals surface area (Å²) in [6.45, 7) is 2.28. The van der Waals surface area contributed by atoms with Gasteiger partial charge in [-0.2, -0.15) is 0 Å². The Morgan fingerprint density at radius 1 is 0.875 bits per heavy atom. The zero-order chi connectivity index (χ0) is 26.8. The van der Waals surface area contributed by atoms with Crippen molar-refractivity contribution in [2.45, 2.75) is 57.0 Å². The fourth-order valence-corrected chi connectivity index (χ4v) is 4.92. The first-order chi connectivity index (χ1) is 18.5. The predicted molar refractivity (Wildman–Crippen MR) is 166 cm³/mol. The number of carbonyl (C=O) groups excluding carboxylic acids is 1. The lowest BCUT2D eigenvalue weighted by Gasteiger charge is -2.38. The molecule has 0 heterocycles. The zero-order valence-corrected chi connectivity index (χ0v) is 24.4. The third-order valence-electron chi connectivity index (χ3n) is 7.09. The number of carboxylic acid groups (broad SMARTS) is 1. The van der Waals surface area contributed by atoms with Crippen LogP contribution in [0.15, 0.2) is 78.9 Å². The number of aliphatic carboxylic acids is 1. The number of hydrogen-bond acceptors (Lipinski definition) is 5. The summed E-state index contributed by atoms with van der Waals surface area (Å²) in [6.07, 6.45) is 5.57. The SMILES string of the molecule is CC[C@@H](CNc1ccc(OCC(=O)O)cc1)NC(=O)C1(Nc2cccc(-c3ccccc3)c2)CCCCC1.Cl.Cl. The maximum absolute atomic E-state index is 13.8. The summed E-state index contributed by atoms with van der Waals surface area (Å²) in [5.41, 5.74) is 3.47. The first kappa shape index (κ1) is 32.8. The molecule has 1 atom stereocenters. The molecule has 0 saturated heterocycles. The highest BCUT2D eigenvalue weighted by Gasteiger charge is 2.40. The summed E-state index contributed by atoms with van der Waals surface area (Å²) in [4.78, 5) is 24.4. The number of amides is 1. The molecule has 1 fully saturated rings. The van der Waals surface area contributed by atoms with E-state index in [1.807, 2.05) is 42.5 Å². The van der Waals surface area contributed by atoms with Crippen molar-refractivity contribution in [3.05, 3.63) is 78.9 Å². The van der Waals surface area contributed by atoms with Crippen molar-refractivity contribution < 1.29 is 19.4 Å². The molecule has 9 heteroatoms. The molecule has 0 unspecified atom stereocenters. The van der Waals surface area contributed by atoms with E-state index < -0.39 is 11.5 Å². The summed E-state index contributed by atoms with van der Waals surface area (Å²) < 4.78 is 5.19. The van der Waals surface area contributed by atoms with Crippen LogP contribution in [0.2, 0.25) is 0 Å². The van der Waals surface area contributed by atoms with Gasteiger partial charge < -0.3 is 25.8 Å². The highest BCUT2D eigenvalue weighted by atomic mass is 35.5. The summed E-state index contributed by atoms with van der Waals surface area (Å²) >= 11 is 0. The van der Waals surface area contributed by atoms with Gasteiger partial charge in [-0.1, -0.05) is 68.7 Å². The molecule has 0 radical (unpaired) electrons. The van der Waals surface area contributed by atoms with Gasteiger partial charge in [0.25, 0.3) is 0 Å². The molecule has 1 saturated carbocycles. The summed E-state index contributed by atoms with van der Waals surface area (Å²) in [6, 6.07) is 25.7. The Bertz CT molecular complexity index is 1200. The predicted octanol–water partition coefficient (Wildman–Crippen LogP) is 6.78. The van der Waals surface area contributed by atoms with E-state index in [2.05, 4.69) is 47.1 Å². The van der Waals surface area contributed by atoms with Crippen LogP contribution in [-0.4, -0.2) is 41.7 Å². The number of hydrogen-bond donors (Lipinski definition) is 4. The molecule has 0 spiro atoms. The second-order valence-electron chi connectivity index (χ2n) is 9.88. The highest BCUT2D eigenvalue weighted by Crippen LogP contribution is 2.33. The van der Waals surface area contributed by atoms with E-state index in [4.69, 9.17) is 9.84 Å². The first-order valence-corrected chi connectivity index (χ1v) is 13.4. The smallest absolute Gasteiger partial charge is 0.341 e. The highest BCUT2D eigenvalue weighted by molar-refractivity contribution is 5.90. The number of halogens is 2. The topological polar surface area (TPSA) is 99.7 Å². The third kappa shape index (κ3) is 9.07. The lowest BCUT2D eigenvalue weighted by atomic mass is 9.80. The van der Waals surface area contributed by atoms with Gasteiger partial charge in [-0.15, -0.1) is 24.8 Å². The number of carbonyl (C=O) groups is 2. The van der Waals surface area contributed by atoms with E-state index in [1.54, 1.807) is 12.1 Å². The molecule has 4 N–H and O–H groups in total. The van der Waals surface area contributed by atoms with Gasteiger partial charge in [-0.3, -0.25) is 4.79 Å². The Morgan fingerprint density at radius 2 is 1.55 bits per heavy atom. The standard InChI is InChI=1S/C31H37N3O4.2ClH/c1-2-25(21-32-26-14-16-28(17-15-26)38-22-29(35)36)33-30(37)31(18-7-4-8-19-31)34-27-13-9-12-24(20-27)23-10-5-3-6-11-23;;/h3,5-6,9-17,20,25,32,34H,2,4,7-8,18-19,21-22H2,1H3,(H,33,37)(H,35,36);2*1H/t25-;;/m0../s1. The first-order valence-electron chi connectivity index (χ1n) is 13.4. The molecular weight excluding hydrogens is 549 g/mol. The molecule has 3 aromatic carbocycles. The van der Waals surface area contributed by atoms with Crippen molar-refractivity contribution in [1.82, 2.24) is 5.32 Å². The second kappa shape index (κ2) is 16.0. The Kier molecular flexibility index (Phi) is 13.1. The molecular formula is C31H39Cl2N3O4. The Morgan fingerprint density at radius 3 is 2.20 bits per heavy atom. The van der Waals surface area contributed by atoms with E-state index in [1.165, 1.54) is 0 Å². The molecule has 0 aliphatic heterocycles. The average molecular weight is 589 g/mol. The average Bonchev–Trinajstić information content (AvgIpc) is 2.95. The van der Waals surface area contributed by atoms with E-state index in [0.717, 1.165) is 61.0 Å². The molecule has 1 aliphatic carbocycles. The van der Waals surface area contributed by atoms with Crippen LogP contribution in [0.5, 0.6) is 5.75 Å². The van der Waals surface area contributed by atoms with Crippen molar-refractivity contribution >= 4 is 48.1 Å². The van der Waals surface area contributed by atoms with Crippen molar-refractivity contribution in [1.29, 1.82) is 0 Å². The van der Waals surface area contributed by atoms with Crippen LogP contribution in [-0.2, 0) is 9.59 Å². The van der Waals surface area contributed by atoms with Gasteiger partial charge in [0.15, 0.2) is 6.61 Å². The summed E-state index contributed by atoms with van der Waals surface area (Å²) in [7, 11) is 0. The van der Waals surface area contributed by atoms with Crippen LogP contribution in [0.3, 0.4) is 0 Å². The van der Waals surface area contributed by atoms with Gasteiger partial charge in [-0.25, -0.2) is 4.79 Å². The van der Waals surface area contributed by atoms with Crippen LogP contribution in [0.1, 0.15) is 45.4 Å². The molecule has 216 valence electrons. The van der Waals surface area contributed by atoms with Gasteiger partial charge in [0.05, 0.1) is 0 Å². The second-order valence-corrected chi connectivity index (χ2v) is 9.88. The number of carboxylic acids is 1. The minimum atomic E-state index is -1.01. The van der Waals surface area contributed by atoms with E-state index >= 15 is 0 Å². The number of benzene rings is 3. The quantitative estimate of drug-likeness (QED) is 0.186. The maximum atomic E-state index is 13.8. The van der Waals surface area contributed by atoms with E-state index in [0.29, 0.717) is 12.3 Å². The van der Waals surface area contributed by atoms with Crippen molar-refractivity contribution in [2.24, 2.45) is 0 Å². The normalized spacial score (nSPS) is 14.4. The van der Waals surface area contributed by atoms with Gasteiger partial charge in [0.2, 0.25) is 5.91 Å². The molecule has 0 aromatic heterocycles. The fraction of sp³-hybridized carbons (Fsp3) is 0.355. The van der Waals surface area contributed by atoms with E-state index in [-0.39, 0.29) is 43.4 Å². The fourth-order valence-electron chi connectivity index (χ4n) is 4.92. The van der Waals surface area contributed by atoms with Crippen LogP contribution >= 0.6 is 24.8 Å². The molecule has 1 aliphatic rings. The Labute approximate surface area is 248 Å². The molecule has 3 aromatic rings.